The molecule has 1 aliphatic carbocycles. The van der Waals surface area contributed by atoms with Crippen molar-refractivity contribution in [3.63, 3.8) is 0 Å². The SMILES string of the molecule is CC(C#N)(NC(=O)Cn1cnc2sccc2c1=O)C1CC1. The largest absolute Gasteiger partial charge is 0.336 e. The summed E-state index contributed by atoms with van der Waals surface area (Å²) >= 11 is 1.39. The number of thiophene rings is 1. The average molecular weight is 302 g/mol. The van der Waals surface area contributed by atoms with Gasteiger partial charge in [0.25, 0.3) is 5.56 Å². The van der Waals surface area contributed by atoms with E-state index < -0.39 is 5.54 Å². The number of nitriles is 1. The van der Waals surface area contributed by atoms with Crippen LogP contribution in [0.25, 0.3) is 10.2 Å². The van der Waals surface area contributed by atoms with E-state index in [4.69, 9.17) is 0 Å². The first-order chi connectivity index (χ1) is 10.0. The number of nitrogens with one attached hydrogen (secondary N) is 1. The lowest BCUT2D eigenvalue weighted by Gasteiger charge is -2.22. The highest BCUT2D eigenvalue weighted by Gasteiger charge is 2.42. The molecule has 2 aromatic heterocycles. The maximum Gasteiger partial charge on any atom is 0.262 e. The lowest BCUT2D eigenvalue weighted by Crippen LogP contribution is -2.48. The molecule has 1 aliphatic rings. The number of fused-ring (bicyclic) bond motifs is 1. The minimum absolute atomic E-state index is 0.123. The van der Waals surface area contributed by atoms with Crippen LogP contribution in [0.3, 0.4) is 0 Å². The number of aromatic nitrogens is 2. The number of amides is 1. The Labute approximate surface area is 125 Å². The minimum Gasteiger partial charge on any atom is -0.336 e. The Morgan fingerprint density at radius 3 is 3.10 bits per heavy atom. The molecule has 7 heteroatoms. The van der Waals surface area contributed by atoms with Crippen LogP contribution in [0.2, 0.25) is 0 Å². The number of nitrogens with zero attached hydrogens (tertiary/aromatic N) is 3. The summed E-state index contributed by atoms with van der Waals surface area (Å²) in [5.74, 6) is -0.134. The molecule has 21 heavy (non-hydrogen) atoms. The molecule has 1 fully saturated rings. The van der Waals surface area contributed by atoms with Crippen LogP contribution in [0, 0.1) is 17.2 Å². The third-order valence-electron chi connectivity index (χ3n) is 3.79. The summed E-state index contributed by atoms with van der Waals surface area (Å²) in [7, 11) is 0. The first-order valence-corrected chi connectivity index (χ1v) is 7.56. The topological polar surface area (TPSA) is 87.8 Å². The zero-order valence-corrected chi connectivity index (χ0v) is 12.3. The van der Waals surface area contributed by atoms with E-state index in [-0.39, 0.29) is 23.9 Å². The molecule has 108 valence electrons. The molecular formula is C14H14N4O2S. The van der Waals surface area contributed by atoms with Gasteiger partial charge >= 0.3 is 0 Å². The van der Waals surface area contributed by atoms with Gasteiger partial charge < -0.3 is 5.32 Å². The van der Waals surface area contributed by atoms with Crippen molar-refractivity contribution in [3.8, 4) is 6.07 Å². The Morgan fingerprint density at radius 2 is 2.43 bits per heavy atom. The van der Waals surface area contributed by atoms with Crippen molar-refractivity contribution in [2.45, 2.75) is 31.8 Å². The average Bonchev–Trinajstić information content (AvgIpc) is 3.21. The van der Waals surface area contributed by atoms with E-state index in [0.717, 1.165) is 12.8 Å². The molecule has 1 amide bonds. The highest BCUT2D eigenvalue weighted by atomic mass is 32.1. The Hall–Kier alpha value is -2.20. The molecule has 3 rings (SSSR count). The maximum absolute atomic E-state index is 12.2. The van der Waals surface area contributed by atoms with Crippen molar-refractivity contribution in [2.75, 3.05) is 0 Å². The zero-order chi connectivity index (χ0) is 15.0. The van der Waals surface area contributed by atoms with Crippen LogP contribution in [0.4, 0.5) is 0 Å². The highest BCUT2D eigenvalue weighted by molar-refractivity contribution is 7.16. The van der Waals surface area contributed by atoms with Gasteiger partial charge in [-0.05, 0) is 37.1 Å². The zero-order valence-electron chi connectivity index (χ0n) is 11.5. The van der Waals surface area contributed by atoms with E-state index in [0.29, 0.717) is 10.2 Å². The number of carbonyl (C=O) groups excluding carboxylic acids is 1. The second-order valence-corrected chi connectivity index (χ2v) is 6.35. The number of hydrogen-bond donors (Lipinski definition) is 1. The van der Waals surface area contributed by atoms with Gasteiger partial charge in [0.1, 0.15) is 16.9 Å². The molecule has 1 saturated carbocycles. The molecule has 0 aromatic carbocycles. The summed E-state index contributed by atoms with van der Waals surface area (Å²) in [6.45, 7) is 1.60. The van der Waals surface area contributed by atoms with Gasteiger partial charge in [0.15, 0.2) is 0 Å². The molecule has 1 N–H and O–H groups in total. The van der Waals surface area contributed by atoms with Gasteiger partial charge in [-0.25, -0.2) is 4.98 Å². The van der Waals surface area contributed by atoms with E-state index >= 15 is 0 Å². The number of rotatable bonds is 4. The molecule has 1 unspecified atom stereocenters. The first-order valence-electron chi connectivity index (χ1n) is 6.68. The fraction of sp³-hybridized carbons (Fsp3) is 0.429. The van der Waals surface area contributed by atoms with Gasteiger partial charge in [-0.3, -0.25) is 14.2 Å². The minimum atomic E-state index is -0.847. The normalized spacial score (nSPS) is 17.1. The summed E-state index contributed by atoms with van der Waals surface area (Å²) < 4.78 is 1.27. The third kappa shape index (κ3) is 2.54. The van der Waals surface area contributed by atoms with Gasteiger partial charge in [-0.15, -0.1) is 11.3 Å². The monoisotopic (exact) mass is 302 g/mol. The lowest BCUT2D eigenvalue weighted by molar-refractivity contribution is -0.123. The molecule has 0 radical (unpaired) electrons. The highest BCUT2D eigenvalue weighted by Crippen LogP contribution is 2.39. The summed E-state index contributed by atoms with van der Waals surface area (Å²) in [5.41, 5.74) is -1.08. The molecule has 2 heterocycles. The third-order valence-corrected chi connectivity index (χ3v) is 4.61. The molecule has 0 saturated heterocycles. The van der Waals surface area contributed by atoms with Crippen LogP contribution in [0.5, 0.6) is 0 Å². The molecule has 0 spiro atoms. The molecule has 1 atom stereocenters. The lowest BCUT2D eigenvalue weighted by atomic mass is 9.98. The van der Waals surface area contributed by atoms with Crippen LogP contribution < -0.4 is 10.9 Å². The van der Waals surface area contributed by atoms with Crippen LogP contribution in [0.1, 0.15) is 19.8 Å². The number of carbonyl (C=O) groups is 1. The smallest absolute Gasteiger partial charge is 0.262 e. The van der Waals surface area contributed by atoms with E-state index in [1.165, 1.54) is 22.2 Å². The summed E-state index contributed by atoms with van der Waals surface area (Å²) in [6.07, 6.45) is 3.28. The predicted molar refractivity (Wildman–Crippen MR) is 78.8 cm³/mol. The summed E-state index contributed by atoms with van der Waals surface area (Å²) in [5, 5.41) is 14.3. The van der Waals surface area contributed by atoms with Gasteiger partial charge in [-0.1, -0.05) is 0 Å². The van der Waals surface area contributed by atoms with Gasteiger partial charge in [-0.2, -0.15) is 5.26 Å². The molecule has 6 nitrogen and oxygen atoms in total. The standard InChI is InChI=1S/C14H14N4O2S/c1-14(7-15,9-2-3-9)17-11(19)6-18-8-16-12-10(13(18)20)4-5-21-12/h4-5,8-9H,2-3,6H2,1H3,(H,17,19). The Morgan fingerprint density at radius 1 is 1.67 bits per heavy atom. The first kappa shape index (κ1) is 13.8. The molecule has 0 bridgehead atoms. The van der Waals surface area contributed by atoms with Crippen LogP contribution in [0.15, 0.2) is 22.6 Å². The van der Waals surface area contributed by atoms with Crippen LogP contribution in [-0.4, -0.2) is 21.0 Å². The second kappa shape index (κ2) is 4.97. The van der Waals surface area contributed by atoms with E-state index in [1.807, 2.05) is 0 Å². The van der Waals surface area contributed by atoms with Crippen molar-refractivity contribution in [3.05, 3.63) is 28.1 Å². The second-order valence-electron chi connectivity index (χ2n) is 5.45. The number of hydrogen-bond acceptors (Lipinski definition) is 5. The summed E-state index contributed by atoms with van der Waals surface area (Å²) in [4.78, 5) is 29.1. The quantitative estimate of drug-likeness (QED) is 0.921. The Balaban J connectivity index is 1.79. The fourth-order valence-corrected chi connectivity index (χ4v) is 3.10. The molecule has 0 aliphatic heterocycles. The van der Waals surface area contributed by atoms with E-state index in [2.05, 4.69) is 16.4 Å². The van der Waals surface area contributed by atoms with Crippen molar-refractivity contribution in [1.82, 2.24) is 14.9 Å². The maximum atomic E-state index is 12.2. The van der Waals surface area contributed by atoms with Crippen molar-refractivity contribution in [1.29, 1.82) is 5.26 Å². The van der Waals surface area contributed by atoms with Crippen LogP contribution in [-0.2, 0) is 11.3 Å². The van der Waals surface area contributed by atoms with Crippen molar-refractivity contribution in [2.24, 2.45) is 5.92 Å². The van der Waals surface area contributed by atoms with E-state index in [9.17, 15) is 14.9 Å². The Kier molecular flexibility index (Phi) is 3.26. The van der Waals surface area contributed by atoms with Gasteiger partial charge in [0.05, 0.1) is 17.8 Å². The van der Waals surface area contributed by atoms with Crippen molar-refractivity contribution >= 4 is 27.5 Å². The fourth-order valence-electron chi connectivity index (χ4n) is 2.37. The van der Waals surface area contributed by atoms with Crippen LogP contribution >= 0.6 is 11.3 Å². The van der Waals surface area contributed by atoms with E-state index in [1.54, 1.807) is 18.4 Å². The molecular weight excluding hydrogens is 288 g/mol. The predicted octanol–water partition coefficient (Wildman–Crippen LogP) is 1.27. The molecule has 2 aromatic rings. The Bertz CT molecular complexity index is 799. The summed E-state index contributed by atoms with van der Waals surface area (Å²) in [6, 6.07) is 3.87. The van der Waals surface area contributed by atoms with Gasteiger partial charge in [0.2, 0.25) is 5.91 Å². The van der Waals surface area contributed by atoms with Crippen molar-refractivity contribution < 1.29 is 4.79 Å². The van der Waals surface area contributed by atoms with Gasteiger partial charge in [0, 0.05) is 0 Å².